The lowest BCUT2D eigenvalue weighted by molar-refractivity contribution is -0.135. The normalized spacial score (nSPS) is 22.4. The number of hydrogen-bond acceptors (Lipinski definition) is 3. The van der Waals surface area contributed by atoms with Crippen LogP contribution in [0.2, 0.25) is 0 Å². The second-order valence-corrected chi connectivity index (χ2v) is 5.74. The van der Waals surface area contributed by atoms with Crippen LogP contribution in [0.25, 0.3) is 0 Å². The highest BCUT2D eigenvalue weighted by Crippen LogP contribution is 2.19. The number of carbonyl (C=O) groups is 1. The summed E-state index contributed by atoms with van der Waals surface area (Å²) >= 11 is 0. The number of nitrogens with zero attached hydrogens (tertiary/aromatic N) is 1. The highest BCUT2D eigenvalue weighted by atomic mass is 16.5. The van der Waals surface area contributed by atoms with E-state index in [0.29, 0.717) is 12.5 Å². The largest absolute Gasteiger partial charge is 0.497 e. The van der Waals surface area contributed by atoms with Gasteiger partial charge in [-0.1, -0.05) is 19.1 Å². The summed E-state index contributed by atoms with van der Waals surface area (Å²) in [6.07, 6.45) is 0.985. The van der Waals surface area contributed by atoms with Crippen LogP contribution in [0.1, 0.15) is 18.9 Å². The van der Waals surface area contributed by atoms with Crippen molar-refractivity contribution in [3.63, 3.8) is 0 Å². The fourth-order valence-electron chi connectivity index (χ4n) is 2.74. The van der Waals surface area contributed by atoms with Crippen LogP contribution >= 0.6 is 0 Å². The molecule has 1 amide bonds. The van der Waals surface area contributed by atoms with Crippen LogP contribution in [0.15, 0.2) is 24.3 Å². The minimum absolute atomic E-state index is 0.113. The van der Waals surface area contributed by atoms with Gasteiger partial charge in [0.05, 0.1) is 13.0 Å². The zero-order valence-electron chi connectivity index (χ0n) is 12.6. The average molecular weight is 276 g/mol. The van der Waals surface area contributed by atoms with Gasteiger partial charge in [0.25, 0.3) is 0 Å². The maximum absolute atomic E-state index is 12.4. The molecule has 0 radical (unpaired) electrons. The van der Waals surface area contributed by atoms with Gasteiger partial charge in [0.15, 0.2) is 0 Å². The van der Waals surface area contributed by atoms with Crippen molar-refractivity contribution in [2.75, 3.05) is 27.2 Å². The number of hydrogen-bond donors (Lipinski definition) is 1. The van der Waals surface area contributed by atoms with E-state index in [9.17, 15) is 4.79 Å². The van der Waals surface area contributed by atoms with Crippen molar-refractivity contribution < 1.29 is 9.53 Å². The molecule has 0 bridgehead atoms. The van der Waals surface area contributed by atoms with E-state index in [1.807, 2.05) is 36.2 Å². The van der Waals surface area contributed by atoms with E-state index >= 15 is 0 Å². The Balaban J connectivity index is 1.92. The molecule has 2 atom stereocenters. The van der Waals surface area contributed by atoms with E-state index in [1.54, 1.807) is 7.11 Å². The Kier molecular flexibility index (Phi) is 5.01. The van der Waals surface area contributed by atoms with E-state index in [2.05, 4.69) is 12.2 Å². The molecular weight excluding hydrogens is 252 g/mol. The maximum Gasteiger partial charge on any atom is 0.227 e. The molecule has 2 rings (SSSR count). The first-order valence-electron chi connectivity index (χ1n) is 7.18. The van der Waals surface area contributed by atoms with Gasteiger partial charge in [-0.25, -0.2) is 0 Å². The van der Waals surface area contributed by atoms with Gasteiger partial charge in [0, 0.05) is 20.1 Å². The average Bonchev–Trinajstić information content (AvgIpc) is 2.47. The summed E-state index contributed by atoms with van der Waals surface area (Å²) in [5, 5.41) is 3.34. The quantitative estimate of drug-likeness (QED) is 0.913. The smallest absolute Gasteiger partial charge is 0.227 e. The Hall–Kier alpha value is -1.55. The molecule has 1 N–H and O–H groups in total. The van der Waals surface area contributed by atoms with Gasteiger partial charge in [0.1, 0.15) is 5.75 Å². The third-order valence-corrected chi connectivity index (χ3v) is 3.87. The first kappa shape index (κ1) is 14.9. The van der Waals surface area contributed by atoms with Crippen LogP contribution < -0.4 is 10.1 Å². The summed E-state index contributed by atoms with van der Waals surface area (Å²) in [6, 6.07) is 7.87. The fourth-order valence-corrected chi connectivity index (χ4v) is 2.74. The van der Waals surface area contributed by atoms with Crippen LogP contribution in [-0.2, 0) is 11.3 Å². The summed E-state index contributed by atoms with van der Waals surface area (Å²) in [4.78, 5) is 14.3. The molecule has 0 aromatic heterocycles. The maximum atomic E-state index is 12.4. The van der Waals surface area contributed by atoms with Crippen molar-refractivity contribution in [3.8, 4) is 5.75 Å². The van der Waals surface area contributed by atoms with Crippen molar-refractivity contribution in [2.24, 2.45) is 11.8 Å². The Labute approximate surface area is 121 Å². The van der Waals surface area contributed by atoms with Gasteiger partial charge in [0.2, 0.25) is 5.91 Å². The molecule has 2 unspecified atom stereocenters. The third kappa shape index (κ3) is 3.73. The molecule has 1 aromatic carbocycles. The van der Waals surface area contributed by atoms with Crippen molar-refractivity contribution in [2.45, 2.75) is 19.9 Å². The molecule has 1 aliphatic rings. The van der Waals surface area contributed by atoms with Crippen LogP contribution in [0.4, 0.5) is 0 Å². The van der Waals surface area contributed by atoms with Gasteiger partial charge in [-0.05, 0) is 36.6 Å². The molecule has 4 heteroatoms. The summed E-state index contributed by atoms with van der Waals surface area (Å²) in [5.74, 6) is 1.77. The molecule has 1 aliphatic heterocycles. The van der Waals surface area contributed by atoms with Gasteiger partial charge < -0.3 is 15.0 Å². The van der Waals surface area contributed by atoms with Crippen LogP contribution in [0, 0.1) is 11.8 Å². The van der Waals surface area contributed by atoms with Crippen molar-refractivity contribution >= 4 is 5.91 Å². The zero-order chi connectivity index (χ0) is 14.5. The van der Waals surface area contributed by atoms with Crippen LogP contribution in [0.3, 0.4) is 0 Å². The minimum Gasteiger partial charge on any atom is -0.497 e. The molecule has 1 aromatic rings. The Morgan fingerprint density at radius 3 is 2.65 bits per heavy atom. The molecule has 0 aliphatic carbocycles. The standard InChI is InChI=1S/C16H24N2O2/c1-12-8-14(10-17-9-12)16(19)18(2)11-13-4-6-15(20-3)7-5-13/h4-7,12,14,17H,8-11H2,1-3H3. The lowest BCUT2D eigenvalue weighted by atomic mass is 9.91. The number of nitrogens with one attached hydrogen (secondary N) is 1. The predicted molar refractivity (Wildman–Crippen MR) is 79.6 cm³/mol. The molecule has 4 nitrogen and oxygen atoms in total. The van der Waals surface area contributed by atoms with E-state index < -0.39 is 0 Å². The number of rotatable bonds is 4. The van der Waals surface area contributed by atoms with Crippen molar-refractivity contribution in [1.82, 2.24) is 10.2 Å². The number of benzene rings is 1. The summed E-state index contributed by atoms with van der Waals surface area (Å²) < 4.78 is 5.14. The monoisotopic (exact) mass is 276 g/mol. The topological polar surface area (TPSA) is 41.6 Å². The van der Waals surface area contributed by atoms with Gasteiger partial charge in [-0.2, -0.15) is 0 Å². The molecular formula is C16H24N2O2. The molecule has 20 heavy (non-hydrogen) atoms. The first-order chi connectivity index (χ1) is 9.60. The lowest BCUT2D eigenvalue weighted by Gasteiger charge is -2.30. The van der Waals surface area contributed by atoms with Crippen LogP contribution in [-0.4, -0.2) is 38.1 Å². The third-order valence-electron chi connectivity index (χ3n) is 3.87. The zero-order valence-corrected chi connectivity index (χ0v) is 12.6. The van der Waals surface area contributed by atoms with Crippen LogP contribution in [0.5, 0.6) is 5.75 Å². The van der Waals surface area contributed by atoms with Gasteiger partial charge in [-0.3, -0.25) is 4.79 Å². The Bertz CT molecular complexity index is 444. The van der Waals surface area contributed by atoms with Gasteiger partial charge in [-0.15, -0.1) is 0 Å². The second kappa shape index (κ2) is 6.75. The number of piperidine rings is 1. The highest BCUT2D eigenvalue weighted by molar-refractivity contribution is 5.79. The van der Waals surface area contributed by atoms with E-state index in [4.69, 9.17) is 4.74 Å². The molecule has 1 fully saturated rings. The minimum atomic E-state index is 0.113. The fraction of sp³-hybridized carbons (Fsp3) is 0.562. The number of ether oxygens (including phenoxy) is 1. The first-order valence-corrected chi connectivity index (χ1v) is 7.18. The Morgan fingerprint density at radius 2 is 2.05 bits per heavy atom. The van der Waals surface area contributed by atoms with E-state index in [0.717, 1.165) is 30.8 Å². The summed E-state index contributed by atoms with van der Waals surface area (Å²) in [7, 11) is 3.54. The number of methoxy groups -OCH3 is 1. The van der Waals surface area contributed by atoms with Crippen molar-refractivity contribution in [1.29, 1.82) is 0 Å². The Morgan fingerprint density at radius 1 is 1.35 bits per heavy atom. The number of amides is 1. The molecule has 0 saturated carbocycles. The van der Waals surface area contributed by atoms with E-state index in [1.165, 1.54) is 0 Å². The molecule has 1 saturated heterocycles. The molecule has 1 heterocycles. The molecule has 0 spiro atoms. The SMILES string of the molecule is COc1ccc(CN(C)C(=O)C2CNCC(C)C2)cc1. The highest BCUT2D eigenvalue weighted by Gasteiger charge is 2.27. The molecule has 110 valence electrons. The van der Waals surface area contributed by atoms with E-state index in [-0.39, 0.29) is 11.8 Å². The van der Waals surface area contributed by atoms with Gasteiger partial charge >= 0.3 is 0 Å². The second-order valence-electron chi connectivity index (χ2n) is 5.74. The summed E-state index contributed by atoms with van der Waals surface area (Å²) in [5.41, 5.74) is 1.12. The number of carbonyl (C=O) groups excluding carboxylic acids is 1. The lowest BCUT2D eigenvalue weighted by Crippen LogP contribution is -2.43. The summed E-state index contributed by atoms with van der Waals surface area (Å²) in [6.45, 7) is 4.66. The van der Waals surface area contributed by atoms with Crippen molar-refractivity contribution in [3.05, 3.63) is 29.8 Å². The predicted octanol–water partition coefficient (Wildman–Crippen LogP) is 1.90.